The zero-order valence-corrected chi connectivity index (χ0v) is 15.7. The maximum Gasteiger partial charge on any atom is 0.237 e. The Balaban J connectivity index is 1.71. The first kappa shape index (κ1) is 18.0. The van der Waals surface area contributed by atoms with E-state index < -0.39 is 0 Å². The summed E-state index contributed by atoms with van der Waals surface area (Å²) in [7, 11) is 3.33. The minimum atomic E-state index is -0.0436. The molecule has 0 aliphatic heterocycles. The van der Waals surface area contributed by atoms with E-state index in [0.29, 0.717) is 10.9 Å². The number of nitrogens with zero attached hydrogens (tertiary/aromatic N) is 4. The molecule has 0 saturated carbocycles. The smallest absolute Gasteiger partial charge is 0.237 e. The van der Waals surface area contributed by atoms with Gasteiger partial charge in [0.05, 0.1) is 18.6 Å². The van der Waals surface area contributed by atoms with Gasteiger partial charge in [0, 0.05) is 12.7 Å². The lowest BCUT2D eigenvalue weighted by atomic mass is 10.2. The van der Waals surface area contributed by atoms with Crippen molar-refractivity contribution >= 4 is 23.4 Å². The Labute approximate surface area is 156 Å². The summed E-state index contributed by atoms with van der Waals surface area (Å²) in [5.74, 6) is 0.869. The second kappa shape index (κ2) is 8.05. The van der Waals surface area contributed by atoms with E-state index in [0.717, 1.165) is 11.4 Å². The van der Waals surface area contributed by atoms with Gasteiger partial charge in [-0.1, -0.05) is 41.6 Å². The quantitative estimate of drug-likeness (QED) is 0.625. The summed E-state index contributed by atoms with van der Waals surface area (Å²) < 4.78 is 7.20. The van der Waals surface area contributed by atoms with Gasteiger partial charge >= 0.3 is 0 Å². The standard InChI is InChI=1S/C19H20N4O2S/c1-14-8-10-15(11-9-14)23-13-20-21-19(23)26-12-18(24)22(2)16-6-4-5-7-17(16)25-3/h4-11,13H,12H2,1-3H3. The maximum atomic E-state index is 12.6. The van der Waals surface area contributed by atoms with Gasteiger partial charge in [-0.3, -0.25) is 9.36 Å². The fourth-order valence-electron chi connectivity index (χ4n) is 2.47. The van der Waals surface area contributed by atoms with Crippen molar-refractivity contribution in [2.75, 3.05) is 24.8 Å². The number of carbonyl (C=O) groups excluding carboxylic acids is 1. The van der Waals surface area contributed by atoms with Gasteiger partial charge in [-0.25, -0.2) is 0 Å². The third-order valence-corrected chi connectivity index (χ3v) is 4.90. The number of thioether (sulfide) groups is 1. The number of hydrogen-bond donors (Lipinski definition) is 0. The Hall–Kier alpha value is -2.80. The number of benzene rings is 2. The van der Waals surface area contributed by atoms with Crippen molar-refractivity contribution in [1.29, 1.82) is 0 Å². The van der Waals surface area contributed by atoms with Crippen molar-refractivity contribution in [1.82, 2.24) is 14.8 Å². The number of aromatic nitrogens is 3. The molecule has 6 nitrogen and oxygen atoms in total. The lowest BCUT2D eigenvalue weighted by molar-refractivity contribution is -0.115. The zero-order chi connectivity index (χ0) is 18.5. The second-order valence-corrected chi connectivity index (χ2v) is 6.67. The first-order valence-electron chi connectivity index (χ1n) is 8.09. The van der Waals surface area contributed by atoms with E-state index in [2.05, 4.69) is 10.2 Å². The van der Waals surface area contributed by atoms with E-state index in [9.17, 15) is 4.79 Å². The van der Waals surface area contributed by atoms with Crippen LogP contribution in [0.25, 0.3) is 5.69 Å². The minimum Gasteiger partial charge on any atom is -0.495 e. The van der Waals surface area contributed by atoms with Crippen LogP contribution in [0.1, 0.15) is 5.56 Å². The SMILES string of the molecule is COc1ccccc1N(C)C(=O)CSc1nncn1-c1ccc(C)cc1. The molecular weight excluding hydrogens is 348 g/mol. The lowest BCUT2D eigenvalue weighted by Crippen LogP contribution is -2.28. The number of rotatable bonds is 6. The van der Waals surface area contributed by atoms with E-state index in [-0.39, 0.29) is 11.7 Å². The van der Waals surface area contributed by atoms with E-state index in [1.54, 1.807) is 25.4 Å². The van der Waals surface area contributed by atoms with Crippen molar-refractivity contribution in [3.63, 3.8) is 0 Å². The number of aryl methyl sites for hydroxylation is 1. The molecule has 1 aromatic heterocycles. The maximum absolute atomic E-state index is 12.6. The third kappa shape index (κ3) is 3.88. The molecule has 0 fully saturated rings. The van der Waals surface area contributed by atoms with E-state index in [4.69, 9.17) is 4.74 Å². The second-order valence-electron chi connectivity index (χ2n) is 5.73. The highest BCUT2D eigenvalue weighted by atomic mass is 32.2. The van der Waals surface area contributed by atoms with Crippen molar-refractivity contribution in [2.24, 2.45) is 0 Å². The van der Waals surface area contributed by atoms with Gasteiger partial charge in [-0.2, -0.15) is 0 Å². The molecule has 3 aromatic rings. The minimum absolute atomic E-state index is 0.0436. The average molecular weight is 368 g/mol. The van der Waals surface area contributed by atoms with Crippen LogP contribution in [0.15, 0.2) is 60.0 Å². The first-order valence-corrected chi connectivity index (χ1v) is 9.08. The molecule has 26 heavy (non-hydrogen) atoms. The van der Waals surface area contributed by atoms with Gasteiger partial charge in [-0.05, 0) is 31.2 Å². The van der Waals surface area contributed by atoms with Crippen LogP contribution >= 0.6 is 11.8 Å². The van der Waals surface area contributed by atoms with Crippen LogP contribution in [0.4, 0.5) is 5.69 Å². The van der Waals surface area contributed by atoms with Crippen LogP contribution in [-0.4, -0.2) is 40.6 Å². The molecule has 0 saturated heterocycles. The van der Waals surface area contributed by atoms with Crippen molar-refractivity contribution in [3.05, 3.63) is 60.4 Å². The molecular formula is C19H20N4O2S. The van der Waals surface area contributed by atoms with E-state index in [1.807, 2.05) is 60.0 Å². The number of carbonyl (C=O) groups is 1. The molecule has 3 rings (SSSR count). The van der Waals surface area contributed by atoms with Crippen molar-refractivity contribution in [2.45, 2.75) is 12.1 Å². The summed E-state index contributed by atoms with van der Waals surface area (Å²) >= 11 is 1.35. The Morgan fingerprint density at radius 2 is 1.92 bits per heavy atom. The Morgan fingerprint density at radius 1 is 1.19 bits per heavy atom. The van der Waals surface area contributed by atoms with E-state index >= 15 is 0 Å². The normalized spacial score (nSPS) is 10.6. The van der Waals surface area contributed by atoms with Crippen molar-refractivity contribution < 1.29 is 9.53 Å². The monoisotopic (exact) mass is 368 g/mol. The molecule has 0 radical (unpaired) electrons. The highest BCUT2D eigenvalue weighted by molar-refractivity contribution is 7.99. The predicted octanol–water partition coefficient (Wildman–Crippen LogP) is 3.34. The Bertz CT molecular complexity index is 893. The molecule has 0 aliphatic rings. The molecule has 0 spiro atoms. The van der Waals surface area contributed by atoms with Gasteiger partial charge in [0.25, 0.3) is 0 Å². The van der Waals surface area contributed by atoms with Crippen LogP contribution in [0.5, 0.6) is 5.75 Å². The third-order valence-electron chi connectivity index (χ3n) is 3.97. The molecule has 0 aliphatic carbocycles. The molecule has 2 aromatic carbocycles. The van der Waals surface area contributed by atoms with Gasteiger partial charge in [-0.15, -0.1) is 10.2 Å². The van der Waals surface area contributed by atoms with Crippen LogP contribution in [0.2, 0.25) is 0 Å². The van der Waals surface area contributed by atoms with Crippen LogP contribution in [-0.2, 0) is 4.79 Å². The molecule has 0 unspecified atom stereocenters. The predicted molar refractivity (Wildman–Crippen MR) is 103 cm³/mol. The number of para-hydroxylation sites is 2. The fraction of sp³-hybridized carbons (Fsp3) is 0.211. The van der Waals surface area contributed by atoms with Gasteiger partial charge in [0.2, 0.25) is 5.91 Å². The summed E-state index contributed by atoms with van der Waals surface area (Å²) in [5, 5.41) is 8.79. The number of anilines is 1. The summed E-state index contributed by atoms with van der Waals surface area (Å²) in [6, 6.07) is 15.5. The Kier molecular flexibility index (Phi) is 5.58. The van der Waals surface area contributed by atoms with Gasteiger partial charge < -0.3 is 9.64 Å². The molecule has 1 amide bonds. The van der Waals surface area contributed by atoms with E-state index in [1.165, 1.54) is 17.3 Å². The van der Waals surface area contributed by atoms with Crippen LogP contribution in [0.3, 0.4) is 0 Å². The summed E-state index contributed by atoms with van der Waals surface area (Å²) in [4.78, 5) is 14.2. The largest absolute Gasteiger partial charge is 0.495 e. The zero-order valence-electron chi connectivity index (χ0n) is 14.9. The van der Waals surface area contributed by atoms with Crippen molar-refractivity contribution in [3.8, 4) is 11.4 Å². The number of amides is 1. The summed E-state index contributed by atoms with van der Waals surface area (Å²) in [5.41, 5.74) is 2.89. The highest BCUT2D eigenvalue weighted by Gasteiger charge is 2.17. The topological polar surface area (TPSA) is 60.2 Å². The number of methoxy groups -OCH3 is 1. The molecule has 0 atom stereocenters. The van der Waals surface area contributed by atoms with Crippen LogP contribution in [0, 0.1) is 6.92 Å². The Morgan fingerprint density at radius 3 is 2.65 bits per heavy atom. The fourth-order valence-corrected chi connectivity index (χ4v) is 3.31. The lowest BCUT2D eigenvalue weighted by Gasteiger charge is -2.19. The molecule has 0 bridgehead atoms. The average Bonchev–Trinajstić information content (AvgIpc) is 3.14. The summed E-state index contributed by atoms with van der Waals surface area (Å²) in [6.45, 7) is 2.04. The highest BCUT2D eigenvalue weighted by Crippen LogP contribution is 2.28. The first-order chi connectivity index (χ1) is 12.6. The summed E-state index contributed by atoms with van der Waals surface area (Å²) in [6.07, 6.45) is 1.65. The van der Waals surface area contributed by atoms with Crippen LogP contribution < -0.4 is 9.64 Å². The molecule has 7 heteroatoms. The molecule has 134 valence electrons. The molecule has 0 N–H and O–H groups in total. The number of ether oxygens (including phenoxy) is 1. The van der Waals surface area contributed by atoms with Gasteiger partial charge in [0.1, 0.15) is 12.1 Å². The number of hydrogen-bond acceptors (Lipinski definition) is 5. The molecule has 1 heterocycles. The van der Waals surface area contributed by atoms with Gasteiger partial charge in [0.15, 0.2) is 5.16 Å².